The quantitative estimate of drug-likeness (QED) is 0.114. The number of thiophene rings is 2. The summed E-state index contributed by atoms with van der Waals surface area (Å²) < 4.78 is 15.7. The third kappa shape index (κ3) is 10.6. The van der Waals surface area contributed by atoms with Crippen LogP contribution in [0.2, 0.25) is 0 Å². The first-order valence-corrected chi connectivity index (χ1v) is 17.1. The molecule has 254 valence electrons. The van der Waals surface area contributed by atoms with Crippen molar-refractivity contribution in [1.82, 2.24) is 9.80 Å². The molecule has 4 heterocycles. The van der Waals surface area contributed by atoms with Crippen LogP contribution in [0.4, 0.5) is 10.1 Å². The van der Waals surface area contributed by atoms with Crippen LogP contribution in [0.5, 0.6) is 0 Å². The van der Waals surface area contributed by atoms with Gasteiger partial charge in [-0.25, -0.2) is 14.0 Å². The third-order valence-electron chi connectivity index (χ3n) is 8.59. The van der Waals surface area contributed by atoms with Gasteiger partial charge in [-0.1, -0.05) is 0 Å². The van der Waals surface area contributed by atoms with E-state index in [-0.39, 0.29) is 33.4 Å². The normalized spacial score (nSPS) is 16.4. The average molecular weight is 751 g/mol. The van der Waals surface area contributed by atoms with E-state index in [0.717, 1.165) is 54.5 Å². The van der Waals surface area contributed by atoms with E-state index in [1.54, 1.807) is 46.9 Å². The lowest BCUT2D eigenvalue weighted by Crippen LogP contribution is -2.37. The number of non-ortho nitro benzene ring substituents is 1. The Bertz CT molecular complexity index is 1680. The van der Waals surface area contributed by atoms with Crippen molar-refractivity contribution in [3.63, 3.8) is 0 Å². The number of rotatable bonds is 6. The molecular formula is C34H41BrFN3O6S2. The van der Waals surface area contributed by atoms with Gasteiger partial charge in [0.15, 0.2) is 0 Å². The molecule has 2 aromatic carbocycles. The highest BCUT2D eigenvalue weighted by Crippen LogP contribution is 2.39. The molecule has 0 unspecified atom stereocenters. The number of hydrogen-bond acceptors (Lipinski definition) is 8. The average Bonchev–Trinajstić information content (AvgIpc) is 3.65. The lowest BCUT2D eigenvalue weighted by atomic mass is 9.88. The molecule has 0 saturated carbocycles. The lowest BCUT2D eigenvalue weighted by Gasteiger charge is -2.34. The second kappa shape index (κ2) is 17.8. The van der Waals surface area contributed by atoms with Gasteiger partial charge in [-0.2, -0.15) is 0 Å². The number of carboxylic acids is 2. The zero-order chi connectivity index (χ0) is 33.4. The number of carbonyl (C=O) groups is 2. The summed E-state index contributed by atoms with van der Waals surface area (Å²) in [6.45, 7) is 9.02. The van der Waals surface area contributed by atoms with Crippen molar-refractivity contribution in [3.8, 4) is 0 Å². The maximum Gasteiger partial charge on any atom is 0.328 e. The molecule has 0 atom stereocenters. The molecule has 2 saturated heterocycles. The fourth-order valence-corrected chi connectivity index (χ4v) is 8.04. The van der Waals surface area contributed by atoms with Gasteiger partial charge in [-0.05, 0) is 136 Å². The summed E-state index contributed by atoms with van der Waals surface area (Å²) in [5.41, 5.74) is 2.86. The summed E-state index contributed by atoms with van der Waals surface area (Å²) >= 11 is 3.44. The minimum atomic E-state index is -1.26. The number of hydrogen-bond donors (Lipinski definition) is 2. The fourth-order valence-electron chi connectivity index (χ4n) is 5.99. The molecule has 2 aliphatic heterocycles. The molecule has 13 heteroatoms. The van der Waals surface area contributed by atoms with E-state index in [1.165, 1.54) is 28.7 Å². The van der Waals surface area contributed by atoms with Crippen LogP contribution < -0.4 is 0 Å². The van der Waals surface area contributed by atoms with Crippen LogP contribution in [-0.2, 0) is 9.59 Å². The van der Waals surface area contributed by atoms with E-state index in [9.17, 15) is 24.1 Å². The number of nitro benzene ring substituents is 1. The van der Waals surface area contributed by atoms with Crippen LogP contribution >= 0.6 is 39.7 Å². The topological polar surface area (TPSA) is 124 Å². The summed E-state index contributed by atoms with van der Waals surface area (Å²) in [6.07, 6.45) is 5.79. The van der Waals surface area contributed by atoms with E-state index in [4.69, 9.17) is 10.2 Å². The van der Waals surface area contributed by atoms with Crippen molar-refractivity contribution in [2.24, 2.45) is 0 Å². The second-order valence-electron chi connectivity index (χ2n) is 12.0. The minimum Gasteiger partial charge on any atom is -0.478 e. The highest BCUT2D eigenvalue weighted by atomic mass is 79.9. The fraction of sp³-hybridized carbons (Fsp3) is 0.412. The van der Waals surface area contributed by atoms with Gasteiger partial charge in [0, 0.05) is 45.1 Å². The molecule has 9 nitrogen and oxygen atoms in total. The van der Waals surface area contributed by atoms with Gasteiger partial charge in [0.1, 0.15) is 5.82 Å². The number of likely N-dealkylation sites (tertiary alicyclic amines) is 2. The molecule has 2 aliphatic rings. The Morgan fingerprint density at radius 3 is 1.81 bits per heavy atom. The Hall–Kier alpha value is -3.23. The van der Waals surface area contributed by atoms with E-state index < -0.39 is 11.9 Å². The standard InChI is InChI=1S/C16H20N2O2S.C14H16FNS.C4H4O4.BrH/c1-11(2)17-7-5-12(6-8-17)15-10-21-16-4-3-13(18(19)20)9-14(15)16;1-16-6-4-10(5-7-16)13-9-17-14-3-2-11(15)8-12(13)14;5-3(6)1-2-4(7)8;/h3-4,9-12H,5-8H2,1-2H3;2-3,8-10H,4-7H2,1H3;1-2H,(H,5,6)(H,7,8);1H/b;;2-1-;. The van der Waals surface area contributed by atoms with Gasteiger partial charge < -0.3 is 20.0 Å². The Balaban J connectivity index is 0.000000208. The zero-order valence-corrected chi connectivity index (χ0v) is 30.0. The van der Waals surface area contributed by atoms with Crippen molar-refractivity contribution >= 4 is 77.5 Å². The summed E-state index contributed by atoms with van der Waals surface area (Å²) in [4.78, 5) is 34.7. The van der Waals surface area contributed by atoms with Crippen LogP contribution in [0, 0.1) is 15.9 Å². The summed E-state index contributed by atoms with van der Waals surface area (Å²) in [5, 5.41) is 33.2. The summed E-state index contributed by atoms with van der Waals surface area (Å²) in [5.74, 6) is -1.48. The molecule has 2 N–H and O–H groups in total. The number of halogens is 2. The Kier molecular flexibility index (Phi) is 14.5. The molecule has 4 aromatic rings. The molecule has 0 amide bonds. The largest absolute Gasteiger partial charge is 0.478 e. The molecule has 2 fully saturated rings. The van der Waals surface area contributed by atoms with E-state index in [2.05, 4.69) is 41.5 Å². The van der Waals surface area contributed by atoms with Crippen molar-refractivity contribution < 1.29 is 29.1 Å². The van der Waals surface area contributed by atoms with E-state index in [0.29, 0.717) is 30.0 Å². The van der Waals surface area contributed by atoms with Crippen molar-refractivity contribution in [2.45, 2.75) is 57.4 Å². The first-order chi connectivity index (χ1) is 21.9. The van der Waals surface area contributed by atoms with Gasteiger partial charge in [-0.3, -0.25) is 10.1 Å². The zero-order valence-electron chi connectivity index (χ0n) is 26.6. The van der Waals surface area contributed by atoms with Crippen LogP contribution in [-0.4, -0.2) is 76.1 Å². The van der Waals surface area contributed by atoms with Gasteiger partial charge >= 0.3 is 11.9 Å². The first kappa shape index (κ1) is 38.2. The molecular weight excluding hydrogens is 709 g/mol. The molecule has 47 heavy (non-hydrogen) atoms. The van der Waals surface area contributed by atoms with Gasteiger partial charge in [0.25, 0.3) is 5.69 Å². The van der Waals surface area contributed by atoms with Gasteiger partial charge in [-0.15, -0.1) is 39.7 Å². The Labute approximate surface area is 292 Å². The van der Waals surface area contributed by atoms with Crippen LogP contribution in [0.15, 0.2) is 59.3 Å². The maximum absolute atomic E-state index is 13.3. The van der Waals surface area contributed by atoms with Crippen molar-refractivity contribution in [3.05, 3.63) is 86.4 Å². The van der Waals surface area contributed by atoms with Crippen LogP contribution in [0.25, 0.3) is 20.2 Å². The highest BCUT2D eigenvalue weighted by Gasteiger charge is 2.25. The SMILES string of the molecule is Br.CC(C)N1CCC(c2csc3ccc([N+](=O)[O-])cc23)CC1.CN1CCC(c2csc3ccc(F)cc23)CC1.O=C(O)/C=C\C(=O)O. The molecule has 2 aromatic heterocycles. The molecule has 0 bridgehead atoms. The molecule has 0 spiro atoms. The van der Waals surface area contributed by atoms with Gasteiger partial charge in [0.2, 0.25) is 0 Å². The monoisotopic (exact) mass is 749 g/mol. The van der Waals surface area contributed by atoms with Crippen molar-refractivity contribution in [1.29, 1.82) is 0 Å². The number of fused-ring (bicyclic) bond motifs is 2. The number of aliphatic carboxylic acids is 2. The molecule has 0 aliphatic carbocycles. The van der Waals surface area contributed by atoms with Gasteiger partial charge in [0.05, 0.1) is 4.92 Å². The number of nitrogens with zero attached hydrogens (tertiary/aromatic N) is 3. The Morgan fingerprint density at radius 1 is 0.872 bits per heavy atom. The highest BCUT2D eigenvalue weighted by molar-refractivity contribution is 8.93. The lowest BCUT2D eigenvalue weighted by molar-refractivity contribution is -0.384. The first-order valence-electron chi connectivity index (χ1n) is 15.3. The number of benzene rings is 2. The third-order valence-corrected chi connectivity index (χ3v) is 10.6. The number of nitro groups is 1. The smallest absolute Gasteiger partial charge is 0.328 e. The summed E-state index contributed by atoms with van der Waals surface area (Å²) in [7, 11) is 2.17. The number of piperidine rings is 2. The van der Waals surface area contributed by atoms with E-state index in [1.807, 2.05) is 12.1 Å². The Morgan fingerprint density at radius 2 is 1.34 bits per heavy atom. The van der Waals surface area contributed by atoms with E-state index >= 15 is 0 Å². The predicted octanol–water partition coefficient (Wildman–Crippen LogP) is 8.54. The van der Waals surface area contributed by atoms with Crippen LogP contribution in [0.3, 0.4) is 0 Å². The van der Waals surface area contributed by atoms with Crippen molar-refractivity contribution in [2.75, 3.05) is 33.2 Å². The minimum absolute atomic E-state index is 0. The molecule has 6 rings (SSSR count). The number of carboxylic acid groups (broad SMARTS) is 2. The van der Waals surface area contributed by atoms with Crippen LogP contribution in [0.1, 0.15) is 62.5 Å². The maximum atomic E-state index is 13.3. The summed E-state index contributed by atoms with van der Waals surface area (Å²) in [6, 6.07) is 11.0. The molecule has 0 radical (unpaired) electrons. The second-order valence-corrected chi connectivity index (χ2v) is 13.8. The predicted molar refractivity (Wildman–Crippen MR) is 193 cm³/mol.